The number of thiophene rings is 1. The summed E-state index contributed by atoms with van der Waals surface area (Å²) in [6.45, 7) is 6.71. The zero-order chi connectivity index (χ0) is 18.4. The Morgan fingerprint density at radius 1 is 1.21 bits per heavy atom. The highest BCUT2D eigenvalue weighted by Crippen LogP contribution is 2.34. The van der Waals surface area contributed by atoms with Crippen molar-refractivity contribution in [3.05, 3.63) is 33.0 Å². The number of nitrogens with zero attached hydrogens (tertiary/aromatic N) is 4. The van der Waals surface area contributed by atoms with Gasteiger partial charge in [0, 0.05) is 37.0 Å². The molecule has 152 valence electrons. The van der Waals surface area contributed by atoms with E-state index in [-0.39, 0.29) is 18.3 Å². The Balaban J connectivity index is 0.00000192. The number of likely N-dealkylation sites (tertiary alicyclic amines) is 1. The molecule has 2 aromatic heterocycles. The molecule has 1 atom stereocenters. The van der Waals surface area contributed by atoms with E-state index in [0.717, 1.165) is 80.9 Å². The minimum absolute atomic E-state index is 0. The van der Waals surface area contributed by atoms with Gasteiger partial charge in [-0.1, -0.05) is 6.92 Å². The highest BCUT2D eigenvalue weighted by molar-refractivity contribution is 7.14. The fourth-order valence-electron chi connectivity index (χ4n) is 4.72. The predicted octanol–water partition coefficient (Wildman–Crippen LogP) is 3.01. The van der Waals surface area contributed by atoms with Crippen molar-refractivity contribution in [3.63, 3.8) is 0 Å². The second-order valence-corrected chi connectivity index (χ2v) is 9.41. The SMILES string of the molecule is CC1CCc2sc(C(=O)N3CCC(c4nnc5n4CCNC5)CC3)cc2C1.Cl. The van der Waals surface area contributed by atoms with Crippen LogP contribution in [0.4, 0.5) is 0 Å². The van der Waals surface area contributed by atoms with E-state index in [1.54, 1.807) is 11.3 Å². The number of nitrogens with one attached hydrogen (secondary N) is 1. The third-order valence-corrected chi connectivity index (χ3v) is 7.56. The van der Waals surface area contributed by atoms with Gasteiger partial charge in [-0.3, -0.25) is 4.79 Å². The molecule has 0 bridgehead atoms. The Morgan fingerprint density at radius 2 is 2.04 bits per heavy atom. The second-order valence-electron chi connectivity index (χ2n) is 8.28. The largest absolute Gasteiger partial charge is 0.338 e. The van der Waals surface area contributed by atoms with E-state index in [9.17, 15) is 4.79 Å². The Bertz CT molecular complexity index is 855. The fourth-order valence-corrected chi connectivity index (χ4v) is 5.90. The molecule has 0 spiro atoms. The molecular weight excluding hydrogens is 394 g/mol. The number of carbonyl (C=O) groups excluding carboxylic acids is 1. The van der Waals surface area contributed by atoms with Gasteiger partial charge in [-0.15, -0.1) is 33.9 Å². The number of amides is 1. The van der Waals surface area contributed by atoms with Crippen LogP contribution < -0.4 is 5.32 Å². The maximum Gasteiger partial charge on any atom is 0.263 e. The van der Waals surface area contributed by atoms with Crippen molar-refractivity contribution in [2.45, 2.75) is 58.0 Å². The van der Waals surface area contributed by atoms with Gasteiger partial charge >= 0.3 is 0 Å². The number of halogens is 1. The topological polar surface area (TPSA) is 63.1 Å². The average Bonchev–Trinajstić information content (AvgIpc) is 3.31. The summed E-state index contributed by atoms with van der Waals surface area (Å²) < 4.78 is 2.28. The molecule has 1 amide bonds. The maximum absolute atomic E-state index is 13.0. The molecule has 1 saturated heterocycles. The monoisotopic (exact) mass is 421 g/mol. The third kappa shape index (κ3) is 3.60. The molecule has 6 nitrogen and oxygen atoms in total. The Hall–Kier alpha value is -1.44. The zero-order valence-corrected chi connectivity index (χ0v) is 17.9. The van der Waals surface area contributed by atoms with E-state index >= 15 is 0 Å². The number of hydrogen-bond acceptors (Lipinski definition) is 5. The van der Waals surface area contributed by atoms with Crippen LogP contribution in [-0.4, -0.2) is 45.2 Å². The Labute approximate surface area is 176 Å². The van der Waals surface area contributed by atoms with Gasteiger partial charge in [0.2, 0.25) is 0 Å². The van der Waals surface area contributed by atoms with Crippen LogP contribution in [0, 0.1) is 5.92 Å². The summed E-state index contributed by atoms with van der Waals surface area (Å²) in [6, 6.07) is 2.17. The molecule has 1 aliphatic carbocycles. The summed E-state index contributed by atoms with van der Waals surface area (Å²) in [5, 5.41) is 12.2. The van der Waals surface area contributed by atoms with Gasteiger partial charge in [-0.25, -0.2) is 0 Å². The van der Waals surface area contributed by atoms with Crippen LogP contribution in [0.3, 0.4) is 0 Å². The molecule has 2 aromatic rings. The van der Waals surface area contributed by atoms with E-state index in [2.05, 4.69) is 33.1 Å². The van der Waals surface area contributed by atoms with Crippen molar-refractivity contribution in [2.24, 2.45) is 5.92 Å². The van der Waals surface area contributed by atoms with Gasteiger partial charge in [0.25, 0.3) is 5.91 Å². The summed E-state index contributed by atoms with van der Waals surface area (Å²) in [4.78, 5) is 17.5. The summed E-state index contributed by atoms with van der Waals surface area (Å²) in [6.07, 6.45) is 5.50. The highest BCUT2D eigenvalue weighted by Gasteiger charge is 2.30. The summed E-state index contributed by atoms with van der Waals surface area (Å²) >= 11 is 1.73. The van der Waals surface area contributed by atoms with Crippen LogP contribution in [0.2, 0.25) is 0 Å². The molecule has 8 heteroatoms. The van der Waals surface area contributed by atoms with Gasteiger partial charge < -0.3 is 14.8 Å². The molecule has 1 fully saturated rings. The molecule has 0 aromatic carbocycles. The van der Waals surface area contributed by atoms with Gasteiger partial charge in [0.1, 0.15) is 11.6 Å². The first-order valence-electron chi connectivity index (χ1n) is 10.2. The summed E-state index contributed by atoms with van der Waals surface area (Å²) in [5.41, 5.74) is 1.42. The number of aromatic nitrogens is 3. The normalized spacial score (nSPS) is 22.3. The third-order valence-electron chi connectivity index (χ3n) is 6.34. The van der Waals surface area contributed by atoms with Crippen LogP contribution in [0.5, 0.6) is 0 Å². The molecule has 1 N–H and O–H groups in total. The molecule has 0 radical (unpaired) electrons. The minimum atomic E-state index is 0. The lowest BCUT2D eigenvalue weighted by Crippen LogP contribution is -2.38. The van der Waals surface area contributed by atoms with Gasteiger partial charge in [0.05, 0.1) is 11.4 Å². The fraction of sp³-hybridized carbons (Fsp3) is 0.650. The van der Waals surface area contributed by atoms with Crippen molar-refractivity contribution in [1.29, 1.82) is 0 Å². The van der Waals surface area contributed by atoms with E-state index < -0.39 is 0 Å². The molecule has 2 aliphatic heterocycles. The smallest absolute Gasteiger partial charge is 0.263 e. The first-order valence-corrected chi connectivity index (χ1v) is 11.0. The lowest BCUT2D eigenvalue weighted by Gasteiger charge is -2.31. The Morgan fingerprint density at radius 3 is 2.86 bits per heavy atom. The number of hydrogen-bond donors (Lipinski definition) is 1. The molecule has 4 heterocycles. The first kappa shape index (κ1) is 19.9. The molecule has 0 saturated carbocycles. The minimum Gasteiger partial charge on any atom is -0.338 e. The molecule has 3 aliphatic rings. The number of aryl methyl sites for hydroxylation is 1. The molecule has 5 rings (SSSR count). The van der Waals surface area contributed by atoms with E-state index in [1.165, 1.54) is 16.9 Å². The van der Waals surface area contributed by atoms with Gasteiger partial charge in [-0.05, 0) is 49.7 Å². The summed E-state index contributed by atoms with van der Waals surface area (Å²) in [5.74, 6) is 3.57. The molecule has 1 unspecified atom stereocenters. The first-order chi connectivity index (χ1) is 13.2. The average molecular weight is 422 g/mol. The lowest BCUT2D eigenvalue weighted by atomic mass is 9.90. The summed E-state index contributed by atoms with van der Waals surface area (Å²) in [7, 11) is 0. The van der Waals surface area contributed by atoms with E-state index in [0.29, 0.717) is 5.92 Å². The molecular formula is C20H28ClN5OS. The number of fused-ring (bicyclic) bond motifs is 2. The van der Waals surface area contributed by atoms with Crippen molar-refractivity contribution < 1.29 is 4.79 Å². The quantitative estimate of drug-likeness (QED) is 0.809. The van der Waals surface area contributed by atoms with Crippen molar-refractivity contribution in [3.8, 4) is 0 Å². The van der Waals surface area contributed by atoms with Gasteiger partial charge in [0.15, 0.2) is 0 Å². The van der Waals surface area contributed by atoms with E-state index in [4.69, 9.17) is 0 Å². The predicted molar refractivity (Wildman–Crippen MR) is 112 cm³/mol. The van der Waals surface area contributed by atoms with Crippen LogP contribution in [-0.2, 0) is 25.9 Å². The van der Waals surface area contributed by atoms with E-state index in [1.807, 2.05) is 4.90 Å². The van der Waals surface area contributed by atoms with Crippen molar-refractivity contribution >= 4 is 29.7 Å². The van der Waals surface area contributed by atoms with Crippen LogP contribution in [0.15, 0.2) is 6.07 Å². The Kier molecular flexibility index (Phi) is 5.76. The van der Waals surface area contributed by atoms with Crippen LogP contribution in [0.25, 0.3) is 0 Å². The molecule has 28 heavy (non-hydrogen) atoms. The standard InChI is InChI=1S/C20H27N5OS.ClH/c1-13-2-3-16-15(10-13)11-17(27-16)20(26)24-7-4-14(5-8-24)19-23-22-18-12-21-6-9-25(18)19;/h11,13-14,21H,2-10,12H2,1H3;1H. The van der Waals surface area contributed by atoms with Crippen LogP contribution >= 0.6 is 23.7 Å². The van der Waals surface area contributed by atoms with Crippen LogP contribution in [0.1, 0.15) is 63.9 Å². The van der Waals surface area contributed by atoms with Crippen molar-refractivity contribution in [1.82, 2.24) is 25.0 Å². The highest BCUT2D eigenvalue weighted by atomic mass is 35.5. The van der Waals surface area contributed by atoms with Gasteiger partial charge in [-0.2, -0.15) is 0 Å². The second kappa shape index (κ2) is 8.13. The lowest BCUT2D eigenvalue weighted by molar-refractivity contribution is 0.0715. The maximum atomic E-state index is 13.0. The number of piperidine rings is 1. The van der Waals surface area contributed by atoms with Crippen molar-refractivity contribution in [2.75, 3.05) is 19.6 Å². The zero-order valence-electron chi connectivity index (χ0n) is 16.3. The number of carbonyl (C=O) groups is 1. The number of rotatable bonds is 2.